The van der Waals surface area contributed by atoms with Crippen molar-refractivity contribution in [2.75, 3.05) is 14.2 Å². The van der Waals surface area contributed by atoms with E-state index in [0.717, 1.165) is 25.8 Å². The van der Waals surface area contributed by atoms with Gasteiger partial charge in [0, 0.05) is 10.6 Å². The summed E-state index contributed by atoms with van der Waals surface area (Å²) in [6.07, 6.45) is 0. The summed E-state index contributed by atoms with van der Waals surface area (Å²) in [4.78, 5) is 0. The Morgan fingerprint density at radius 2 is 1.71 bits per heavy atom. The highest BCUT2D eigenvalue weighted by molar-refractivity contribution is 9.10. The third kappa shape index (κ3) is 3.67. The van der Waals surface area contributed by atoms with E-state index in [2.05, 4.69) is 31.9 Å². The molecular weight excluding hydrogens is 443 g/mol. The molecule has 0 aliphatic carbocycles. The summed E-state index contributed by atoms with van der Waals surface area (Å²) in [5.74, 6) is 1.42. The Balaban J connectivity index is 2.49. The van der Waals surface area contributed by atoms with Gasteiger partial charge in [0.05, 0.1) is 28.5 Å². The zero-order valence-corrected chi connectivity index (χ0v) is 16.0. The molecule has 0 amide bonds. The molecule has 0 heterocycles. The minimum atomic E-state index is -0.392. The van der Waals surface area contributed by atoms with Gasteiger partial charge in [0.25, 0.3) is 0 Å². The highest BCUT2D eigenvalue weighted by atomic mass is 79.9. The van der Waals surface area contributed by atoms with Gasteiger partial charge in [-0.15, -0.1) is 11.6 Å². The number of benzene rings is 2. The van der Waals surface area contributed by atoms with Crippen molar-refractivity contribution in [3.8, 4) is 11.5 Å². The van der Waals surface area contributed by atoms with E-state index >= 15 is 0 Å². The number of hydrogen-bond donors (Lipinski definition) is 0. The molecular formula is C15H12Br2Cl2O2. The minimum Gasteiger partial charge on any atom is -0.496 e. The van der Waals surface area contributed by atoms with Crippen LogP contribution in [0.15, 0.2) is 39.3 Å². The molecule has 0 saturated carbocycles. The molecule has 2 nitrogen and oxygen atoms in total. The second-order valence-electron chi connectivity index (χ2n) is 4.27. The molecule has 0 radical (unpaired) electrons. The normalized spacial score (nSPS) is 12.1. The van der Waals surface area contributed by atoms with Crippen LogP contribution in [0.25, 0.3) is 0 Å². The fraction of sp³-hybridized carbons (Fsp3) is 0.200. The first kappa shape index (κ1) is 16.9. The highest BCUT2D eigenvalue weighted by Crippen LogP contribution is 2.42. The van der Waals surface area contributed by atoms with Crippen LogP contribution in [0.5, 0.6) is 11.5 Å². The monoisotopic (exact) mass is 452 g/mol. The Bertz CT molecular complexity index is 662. The fourth-order valence-electron chi connectivity index (χ4n) is 2.00. The second-order valence-corrected chi connectivity index (χ2v) is 6.85. The van der Waals surface area contributed by atoms with Gasteiger partial charge in [0.2, 0.25) is 0 Å². The van der Waals surface area contributed by atoms with Crippen LogP contribution in [0.1, 0.15) is 16.5 Å². The van der Waals surface area contributed by atoms with Crippen LogP contribution in [0.4, 0.5) is 0 Å². The molecule has 1 unspecified atom stereocenters. The molecule has 0 aliphatic heterocycles. The molecule has 0 N–H and O–H groups in total. The zero-order chi connectivity index (χ0) is 15.6. The predicted molar refractivity (Wildman–Crippen MR) is 94.1 cm³/mol. The van der Waals surface area contributed by atoms with Crippen molar-refractivity contribution < 1.29 is 9.47 Å². The summed E-state index contributed by atoms with van der Waals surface area (Å²) in [7, 11) is 3.22. The molecule has 0 fully saturated rings. The van der Waals surface area contributed by atoms with Crippen molar-refractivity contribution in [2.24, 2.45) is 0 Å². The summed E-state index contributed by atoms with van der Waals surface area (Å²) >= 11 is 19.6. The van der Waals surface area contributed by atoms with Crippen molar-refractivity contribution in [3.63, 3.8) is 0 Å². The molecule has 6 heteroatoms. The number of rotatable bonds is 4. The molecule has 0 aliphatic rings. The van der Waals surface area contributed by atoms with Gasteiger partial charge in [-0.05, 0) is 61.7 Å². The molecule has 0 aromatic heterocycles. The lowest BCUT2D eigenvalue weighted by molar-refractivity contribution is 0.407. The van der Waals surface area contributed by atoms with Gasteiger partial charge >= 0.3 is 0 Å². The average molecular weight is 455 g/mol. The Hall–Kier alpha value is -0.420. The maximum atomic E-state index is 6.61. The highest BCUT2D eigenvalue weighted by Gasteiger charge is 2.19. The van der Waals surface area contributed by atoms with Crippen molar-refractivity contribution in [2.45, 2.75) is 5.38 Å². The van der Waals surface area contributed by atoms with Crippen LogP contribution < -0.4 is 9.47 Å². The van der Waals surface area contributed by atoms with Crippen molar-refractivity contribution >= 4 is 55.1 Å². The van der Waals surface area contributed by atoms with Crippen LogP contribution >= 0.6 is 55.1 Å². The van der Waals surface area contributed by atoms with Crippen LogP contribution in [0, 0.1) is 0 Å². The number of alkyl halides is 1. The van der Waals surface area contributed by atoms with E-state index in [1.165, 1.54) is 0 Å². The van der Waals surface area contributed by atoms with E-state index in [-0.39, 0.29) is 0 Å². The Kier molecular flexibility index (Phi) is 5.83. The summed E-state index contributed by atoms with van der Waals surface area (Å²) in [5.41, 5.74) is 1.72. The zero-order valence-electron chi connectivity index (χ0n) is 11.3. The van der Waals surface area contributed by atoms with E-state index in [0.29, 0.717) is 10.8 Å². The number of methoxy groups -OCH3 is 2. The van der Waals surface area contributed by atoms with E-state index in [4.69, 9.17) is 32.7 Å². The third-order valence-corrected chi connectivity index (χ3v) is 4.90. The fourth-order valence-corrected chi connectivity index (χ4v) is 3.86. The molecule has 2 aromatic carbocycles. The third-order valence-electron chi connectivity index (χ3n) is 2.98. The van der Waals surface area contributed by atoms with Crippen molar-refractivity contribution in [3.05, 3.63) is 55.4 Å². The molecule has 0 saturated heterocycles. The first-order valence-electron chi connectivity index (χ1n) is 5.98. The van der Waals surface area contributed by atoms with Gasteiger partial charge in [-0.3, -0.25) is 0 Å². The molecule has 2 rings (SSSR count). The van der Waals surface area contributed by atoms with Crippen molar-refractivity contribution in [1.82, 2.24) is 0 Å². The van der Waals surface area contributed by atoms with Crippen molar-refractivity contribution in [1.29, 1.82) is 0 Å². The average Bonchev–Trinajstić information content (AvgIpc) is 2.45. The summed E-state index contributed by atoms with van der Waals surface area (Å²) in [5, 5.41) is 0.202. The van der Waals surface area contributed by atoms with Crippen LogP contribution in [-0.4, -0.2) is 14.2 Å². The summed E-state index contributed by atoms with van der Waals surface area (Å²) in [6, 6.07) is 9.28. The second kappa shape index (κ2) is 7.23. The van der Waals surface area contributed by atoms with Crippen LogP contribution in [0.3, 0.4) is 0 Å². The Morgan fingerprint density at radius 3 is 2.29 bits per heavy atom. The molecule has 1 atom stereocenters. The van der Waals surface area contributed by atoms with Crippen LogP contribution in [0.2, 0.25) is 5.02 Å². The molecule has 21 heavy (non-hydrogen) atoms. The van der Waals surface area contributed by atoms with E-state index < -0.39 is 5.38 Å². The topological polar surface area (TPSA) is 18.5 Å². The molecule has 2 aromatic rings. The Labute approximate surface area is 150 Å². The number of ether oxygens (including phenoxy) is 2. The maximum absolute atomic E-state index is 6.61. The summed E-state index contributed by atoms with van der Waals surface area (Å²) in [6.45, 7) is 0. The number of hydrogen-bond acceptors (Lipinski definition) is 2. The van der Waals surface area contributed by atoms with E-state index in [1.54, 1.807) is 26.4 Å². The first-order chi connectivity index (χ1) is 9.97. The quantitative estimate of drug-likeness (QED) is 0.511. The number of halogens is 4. The summed E-state index contributed by atoms with van der Waals surface area (Å²) < 4.78 is 12.3. The Morgan fingerprint density at radius 1 is 1.00 bits per heavy atom. The molecule has 0 spiro atoms. The van der Waals surface area contributed by atoms with E-state index in [1.807, 2.05) is 18.2 Å². The lowest BCUT2D eigenvalue weighted by atomic mass is 10.0. The lowest BCUT2D eigenvalue weighted by Crippen LogP contribution is -1.99. The van der Waals surface area contributed by atoms with Crippen LogP contribution in [-0.2, 0) is 0 Å². The predicted octanol–water partition coefficient (Wildman–Crippen LogP) is 6.21. The smallest absolute Gasteiger partial charge is 0.138 e. The molecule has 0 bridgehead atoms. The van der Waals surface area contributed by atoms with Gasteiger partial charge in [0.15, 0.2) is 0 Å². The van der Waals surface area contributed by atoms with Gasteiger partial charge in [-0.2, -0.15) is 0 Å². The lowest BCUT2D eigenvalue weighted by Gasteiger charge is -2.17. The van der Waals surface area contributed by atoms with Gasteiger partial charge in [-0.25, -0.2) is 0 Å². The SMILES string of the molecule is COc1ccc(C(Cl)c2cc(Cl)cc(Br)c2OC)cc1Br. The van der Waals surface area contributed by atoms with Gasteiger partial charge < -0.3 is 9.47 Å². The van der Waals surface area contributed by atoms with Gasteiger partial charge in [-0.1, -0.05) is 17.7 Å². The van der Waals surface area contributed by atoms with E-state index in [9.17, 15) is 0 Å². The maximum Gasteiger partial charge on any atom is 0.138 e. The van der Waals surface area contributed by atoms with Gasteiger partial charge in [0.1, 0.15) is 11.5 Å². The largest absolute Gasteiger partial charge is 0.496 e. The first-order valence-corrected chi connectivity index (χ1v) is 8.38. The molecule has 112 valence electrons. The minimum absolute atomic E-state index is 0.392. The standard InChI is InChI=1S/C15H12Br2Cl2O2/c1-20-13-4-3-8(5-11(13)16)14(19)10-6-9(18)7-12(17)15(10)21-2/h3-7,14H,1-2H3.